The summed E-state index contributed by atoms with van der Waals surface area (Å²) in [5.41, 5.74) is 1.39. The summed E-state index contributed by atoms with van der Waals surface area (Å²) in [4.78, 5) is 31.3. The van der Waals surface area contributed by atoms with Gasteiger partial charge < -0.3 is 15.0 Å². The molecule has 1 atom stereocenters. The van der Waals surface area contributed by atoms with Gasteiger partial charge >= 0.3 is 0 Å². The molecule has 1 aromatic carbocycles. The molecule has 1 unspecified atom stereocenters. The van der Waals surface area contributed by atoms with Gasteiger partial charge in [-0.3, -0.25) is 9.78 Å². The third kappa shape index (κ3) is 4.88. The van der Waals surface area contributed by atoms with Crippen LogP contribution in [0.25, 0.3) is 0 Å². The maximum atomic E-state index is 13.1. The first-order chi connectivity index (χ1) is 14.2. The highest BCUT2D eigenvalue weighted by Crippen LogP contribution is 2.22. The van der Waals surface area contributed by atoms with Gasteiger partial charge in [-0.1, -0.05) is 12.1 Å². The molecule has 4 rings (SSSR count). The number of benzene rings is 1. The highest BCUT2D eigenvalue weighted by Gasteiger charge is 2.26. The Kier molecular flexibility index (Phi) is 5.66. The highest BCUT2D eigenvalue weighted by molar-refractivity contribution is 5.78. The second kappa shape index (κ2) is 8.70. The molecule has 8 nitrogen and oxygen atoms in total. The molecular weight excluding hydrogens is 375 g/mol. The van der Waals surface area contributed by atoms with Crippen LogP contribution in [0.3, 0.4) is 0 Å². The van der Waals surface area contributed by atoms with Crippen LogP contribution in [0.2, 0.25) is 0 Å². The largest absolute Gasteiger partial charge is 0.368 e. The smallest absolute Gasteiger partial charge is 0.228 e. The first-order valence-corrected chi connectivity index (χ1v) is 9.17. The monoisotopic (exact) mass is 394 g/mol. The Bertz CT molecular complexity index is 970. The molecule has 1 aliphatic heterocycles. The van der Waals surface area contributed by atoms with E-state index in [0.29, 0.717) is 37.2 Å². The highest BCUT2D eigenvalue weighted by atomic mass is 19.1. The van der Waals surface area contributed by atoms with E-state index < -0.39 is 0 Å². The fourth-order valence-corrected chi connectivity index (χ4v) is 3.02. The van der Waals surface area contributed by atoms with Crippen LogP contribution in [0.4, 0.5) is 16.2 Å². The molecule has 0 saturated carbocycles. The van der Waals surface area contributed by atoms with Crippen molar-refractivity contribution in [2.45, 2.75) is 12.5 Å². The van der Waals surface area contributed by atoms with E-state index in [4.69, 9.17) is 4.74 Å². The van der Waals surface area contributed by atoms with Crippen molar-refractivity contribution in [3.05, 3.63) is 72.2 Å². The summed E-state index contributed by atoms with van der Waals surface area (Å²) in [5.74, 6) is 0.553. The molecule has 1 saturated heterocycles. The maximum Gasteiger partial charge on any atom is 0.228 e. The van der Waals surface area contributed by atoms with Gasteiger partial charge in [-0.25, -0.2) is 19.3 Å². The summed E-state index contributed by atoms with van der Waals surface area (Å²) < 4.78 is 18.9. The molecule has 0 radical (unpaired) electrons. The van der Waals surface area contributed by atoms with Crippen molar-refractivity contribution in [2.24, 2.45) is 0 Å². The molecular formula is C20H19FN6O2. The fourth-order valence-electron chi connectivity index (χ4n) is 3.02. The Hall–Kier alpha value is -3.46. The lowest BCUT2D eigenvalue weighted by Crippen LogP contribution is -2.43. The Morgan fingerprint density at radius 3 is 2.79 bits per heavy atom. The molecule has 148 valence electrons. The van der Waals surface area contributed by atoms with E-state index in [2.05, 4.69) is 25.3 Å². The standard InChI is InChI=1S/C20H19FN6O2/c21-15-4-2-14(3-5-15)10-19(28)27-8-9-29-17(13-27)16-11-22-12-18(25-16)26-20-23-6-1-7-24-20/h1-7,11-12,17H,8-10,13H2,(H,23,24,25,26). The SMILES string of the molecule is O=C(Cc1ccc(F)cc1)N1CCOC(c2cncc(Nc3ncccn3)n2)C1. The van der Waals surface area contributed by atoms with Crippen LogP contribution in [0.15, 0.2) is 55.1 Å². The number of nitrogens with zero attached hydrogens (tertiary/aromatic N) is 5. The maximum absolute atomic E-state index is 13.1. The molecule has 0 aliphatic carbocycles. The van der Waals surface area contributed by atoms with E-state index >= 15 is 0 Å². The lowest BCUT2D eigenvalue weighted by atomic mass is 10.1. The number of ether oxygens (including phenoxy) is 1. The minimum Gasteiger partial charge on any atom is -0.368 e. The predicted molar refractivity (Wildman–Crippen MR) is 103 cm³/mol. The molecule has 3 aromatic rings. The van der Waals surface area contributed by atoms with Gasteiger partial charge in [-0.05, 0) is 23.8 Å². The van der Waals surface area contributed by atoms with E-state index in [1.54, 1.807) is 47.9 Å². The van der Waals surface area contributed by atoms with Gasteiger partial charge in [0.05, 0.1) is 37.7 Å². The van der Waals surface area contributed by atoms with Gasteiger partial charge in [0, 0.05) is 18.9 Å². The van der Waals surface area contributed by atoms with Crippen molar-refractivity contribution in [3.8, 4) is 0 Å². The number of hydrogen-bond donors (Lipinski definition) is 1. The number of nitrogens with one attached hydrogen (secondary N) is 1. The van der Waals surface area contributed by atoms with Crippen molar-refractivity contribution in [3.63, 3.8) is 0 Å². The Balaban J connectivity index is 1.42. The normalized spacial score (nSPS) is 16.4. The predicted octanol–water partition coefficient (Wildman–Crippen LogP) is 2.29. The van der Waals surface area contributed by atoms with E-state index in [0.717, 1.165) is 5.56 Å². The minimum atomic E-state index is -0.383. The first-order valence-electron chi connectivity index (χ1n) is 9.17. The molecule has 29 heavy (non-hydrogen) atoms. The summed E-state index contributed by atoms with van der Waals surface area (Å²) >= 11 is 0. The van der Waals surface area contributed by atoms with Crippen LogP contribution in [0.5, 0.6) is 0 Å². The molecule has 3 heterocycles. The average Bonchev–Trinajstić information content (AvgIpc) is 2.76. The Labute approximate surface area is 166 Å². The number of rotatable bonds is 5. The summed E-state index contributed by atoms with van der Waals surface area (Å²) in [6, 6.07) is 7.68. The lowest BCUT2D eigenvalue weighted by molar-refractivity contribution is -0.138. The third-order valence-corrected chi connectivity index (χ3v) is 4.48. The minimum absolute atomic E-state index is 0.0372. The summed E-state index contributed by atoms with van der Waals surface area (Å²) in [6.07, 6.45) is 6.27. The van der Waals surface area contributed by atoms with Gasteiger partial charge in [-0.15, -0.1) is 0 Å². The number of halogens is 1. The zero-order valence-electron chi connectivity index (χ0n) is 15.5. The van der Waals surface area contributed by atoms with Crippen LogP contribution >= 0.6 is 0 Å². The number of aromatic nitrogens is 4. The van der Waals surface area contributed by atoms with Crippen molar-refractivity contribution >= 4 is 17.7 Å². The molecule has 0 spiro atoms. The summed E-state index contributed by atoms with van der Waals surface area (Å²) in [7, 11) is 0. The summed E-state index contributed by atoms with van der Waals surface area (Å²) in [5, 5.41) is 2.99. The number of hydrogen-bond acceptors (Lipinski definition) is 7. The summed E-state index contributed by atoms with van der Waals surface area (Å²) in [6.45, 7) is 1.28. The van der Waals surface area contributed by atoms with Crippen LogP contribution in [0, 0.1) is 5.82 Å². The van der Waals surface area contributed by atoms with E-state index in [1.807, 2.05) is 0 Å². The lowest BCUT2D eigenvalue weighted by Gasteiger charge is -2.32. The first kappa shape index (κ1) is 18.9. The number of amides is 1. The van der Waals surface area contributed by atoms with Crippen molar-refractivity contribution < 1.29 is 13.9 Å². The zero-order chi connectivity index (χ0) is 20.1. The number of anilines is 2. The number of carbonyl (C=O) groups is 1. The van der Waals surface area contributed by atoms with E-state index in [9.17, 15) is 9.18 Å². The number of carbonyl (C=O) groups excluding carboxylic acids is 1. The quantitative estimate of drug-likeness (QED) is 0.710. The van der Waals surface area contributed by atoms with Gasteiger partial charge in [0.2, 0.25) is 11.9 Å². The molecule has 9 heteroatoms. The van der Waals surface area contributed by atoms with E-state index in [-0.39, 0.29) is 24.2 Å². The van der Waals surface area contributed by atoms with Crippen LogP contribution in [-0.2, 0) is 16.0 Å². The molecule has 1 N–H and O–H groups in total. The Morgan fingerprint density at radius 2 is 2.00 bits per heavy atom. The van der Waals surface area contributed by atoms with Crippen molar-refractivity contribution in [1.82, 2.24) is 24.8 Å². The fraction of sp³-hybridized carbons (Fsp3) is 0.250. The van der Waals surface area contributed by atoms with Crippen LogP contribution < -0.4 is 5.32 Å². The molecule has 1 amide bonds. The zero-order valence-corrected chi connectivity index (χ0v) is 15.5. The molecule has 1 aliphatic rings. The van der Waals surface area contributed by atoms with Crippen LogP contribution in [-0.4, -0.2) is 50.4 Å². The number of morpholine rings is 1. The molecule has 0 bridgehead atoms. The van der Waals surface area contributed by atoms with E-state index in [1.165, 1.54) is 12.1 Å². The van der Waals surface area contributed by atoms with Gasteiger partial charge in [-0.2, -0.15) is 0 Å². The van der Waals surface area contributed by atoms with Crippen molar-refractivity contribution in [2.75, 3.05) is 25.0 Å². The molecule has 1 fully saturated rings. The van der Waals surface area contributed by atoms with Gasteiger partial charge in [0.25, 0.3) is 0 Å². The van der Waals surface area contributed by atoms with Gasteiger partial charge in [0.15, 0.2) is 5.82 Å². The average molecular weight is 394 g/mol. The topological polar surface area (TPSA) is 93.1 Å². The van der Waals surface area contributed by atoms with Crippen LogP contribution in [0.1, 0.15) is 17.4 Å². The second-order valence-corrected chi connectivity index (χ2v) is 6.53. The Morgan fingerprint density at radius 1 is 1.21 bits per heavy atom. The third-order valence-electron chi connectivity index (χ3n) is 4.48. The second-order valence-electron chi connectivity index (χ2n) is 6.53. The molecule has 2 aromatic heterocycles. The van der Waals surface area contributed by atoms with Gasteiger partial charge in [0.1, 0.15) is 11.9 Å². The van der Waals surface area contributed by atoms with Crippen molar-refractivity contribution in [1.29, 1.82) is 0 Å².